The summed E-state index contributed by atoms with van der Waals surface area (Å²) in [5.41, 5.74) is 1.49. The number of nitriles is 1. The van der Waals surface area contributed by atoms with Crippen LogP contribution in [0, 0.1) is 17.2 Å². The molecule has 2 aromatic rings. The van der Waals surface area contributed by atoms with Crippen LogP contribution in [0.4, 0.5) is 17.3 Å². The molecule has 2 fully saturated rings. The van der Waals surface area contributed by atoms with Crippen LogP contribution in [0.2, 0.25) is 0 Å². The Morgan fingerprint density at radius 1 is 1.12 bits per heavy atom. The SMILES string of the molecule is N#Cc1cccc(N2CCN(c3ccc(NC(=O)C4CC4)nc3)CC2)n1. The molecule has 1 amide bonds. The number of nitrogens with zero attached hydrogens (tertiary/aromatic N) is 5. The van der Waals surface area contributed by atoms with Crippen molar-refractivity contribution in [3.8, 4) is 6.07 Å². The van der Waals surface area contributed by atoms with Gasteiger partial charge in [-0.05, 0) is 37.1 Å². The molecule has 1 aliphatic heterocycles. The van der Waals surface area contributed by atoms with Crippen molar-refractivity contribution in [1.29, 1.82) is 5.26 Å². The van der Waals surface area contributed by atoms with Crippen molar-refractivity contribution >= 4 is 23.2 Å². The van der Waals surface area contributed by atoms with E-state index in [1.165, 1.54) is 0 Å². The van der Waals surface area contributed by atoms with Crippen LogP contribution in [-0.4, -0.2) is 42.1 Å². The molecule has 3 heterocycles. The molecule has 1 aliphatic carbocycles. The Bertz CT molecular complexity index is 832. The Hall–Kier alpha value is -3.14. The van der Waals surface area contributed by atoms with Gasteiger partial charge >= 0.3 is 0 Å². The van der Waals surface area contributed by atoms with Crippen molar-refractivity contribution in [3.63, 3.8) is 0 Å². The van der Waals surface area contributed by atoms with E-state index in [1.54, 1.807) is 6.07 Å². The summed E-state index contributed by atoms with van der Waals surface area (Å²) in [6, 6.07) is 11.5. The first-order valence-corrected chi connectivity index (χ1v) is 8.87. The molecular formula is C19H20N6O. The highest BCUT2D eigenvalue weighted by molar-refractivity contribution is 5.93. The average Bonchev–Trinajstić information content (AvgIpc) is 3.54. The van der Waals surface area contributed by atoms with Gasteiger partial charge in [0.15, 0.2) is 0 Å². The van der Waals surface area contributed by atoms with Crippen molar-refractivity contribution in [1.82, 2.24) is 9.97 Å². The number of piperazine rings is 1. The van der Waals surface area contributed by atoms with Crippen LogP contribution in [0.25, 0.3) is 0 Å². The highest BCUT2D eigenvalue weighted by Crippen LogP contribution is 2.30. The zero-order valence-corrected chi connectivity index (χ0v) is 14.4. The molecule has 1 saturated heterocycles. The molecule has 4 rings (SSSR count). The Labute approximate surface area is 152 Å². The van der Waals surface area contributed by atoms with Crippen LogP contribution in [0.5, 0.6) is 0 Å². The number of carbonyl (C=O) groups excluding carboxylic acids is 1. The molecule has 0 aromatic carbocycles. The van der Waals surface area contributed by atoms with Gasteiger partial charge in [0.05, 0.1) is 11.9 Å². The average molecular weight is 348 g/mol. The maximum atomic E-state index is 11.8. The number of hydrogen-bond acceptors (Lipinski definition) is 6. The van der Waals surface area contributed by atoms with Crippen LogP contribution in [0.1, 0.15) is 18.5 Å². The summed E-state index contributed by atoms with van der Waals surface area (Å²) in [6.07, 6.45) is 3.79. The quantitative estimate of drug-likeness (QED) is 0.910. The molecule has 0 unspecified atom stereocenters. The maximum Gasteiger partial charge on any atom is 0.228 e. The summed E-state index contributed by atoms with van der Waals surface area (Å²) in [7, 11) is 0. The van der Waals surface area contributed by atoms with E-state index in [2.05, 4.69) is 31.2 Å². The summed E-state index contributed by atoms with van der Waals surface area (Å²) in [5.74, 6) is 1.71. The zero-order valence-electron chi connectivity index (χ0n) is 14.4. The van der Waals surface area contributed by atoms with Crippen molar-refractivity contribution in [2.75, 3.05) is 41.3 Å². The fourth-order valence-corrected chi connectivity index (χ4v) is 3.08. The van der Waals surface area contributed by atoms with Crippen molar-refractivity contribution in [3.05, 3.63) is 42.2 Å². The predicted molar refractivity (Wildman–Crippen MR) is 99.0 cm³/mol. The Kier molecular flexibility index (Phi) is 4.40. The third-order valence-electron chi connectivity index (χ3n) is 4.77. The molecule has 2 aromatic heterocycles. The molecule has 132 valence electrons. The highest BCUT2D eigenvalue weighted by atomic mass is 16.2. The molecular weight excluding hydrogens is 328 g/mol. The molecule has 7 heteroatoms. The normalized spacial score (nSPS) is 16.9. The van der Waals surface area contributed by atoms with Crippen LogP contribution >= 0.6 is 0 Å². The van der Waals surface area contributed by atoms with E-state index in [4.69, 9.17) is 5.26 Å². The monoisotopic (exact) mass is 348 g/mol. The van der Waals surface area contributed by atoms with Crippen LogP contribution in [0.3, 0.4) is 0 Å². The first-order valence-electron chi connectivity index (χ1n) is 8.87. The molecule has 0 spiro atoms. The third kappa shape index (κ3) is 3.59. The summed E-state index contributed by atoms with van der Waals surface area (Å²) in [4.78, 5) is 25.0. The lowest BCUT2D eigenvalue weighted by molar-refractivity contribution is -0.117. The van der Waals surface area contributed by atoms with Gasteiger partial charge < -0.3 is 15.1 Å². The number of aromatic nitrogens is 2. The van der Waals surface area contributed by atoms with E-state index in [1.807, 2.05) is 30.5 Å². The number of amides is 1. The van der Waals surface area contributed by atoms with Gasteiger partial charge in [-0.2, -0.15) is 5.26 Å². The summed E-state index contributed by atoms with van der Waals surface area (Å²) in [5, 5.41) is 11.9. The molecule has 26 heavy (non-hydrogen) atoms. The highest BCUT2D eigenvalue weighted by Gasteiger charge is 2.29. The van der Waals surface area contributed by atoms with Crippen LogP contribution < -0.4 is 15.1 Å². The van der Waals surface area contributed by atoms with E-state index in [-0.39, 0.29) is 11.8 Å². The van der Waals surface area contributed by atoms with Crippen molar-refractivity contribution < 1.29 is 4.79 Å². The van der Waals surface area contributed by atoms with Crippen LogP contribution in [0.15, 0.2) is 36.5 Å². The summed E-state index contributed by atoms with van der Waals surface area (Å²) >= 11 is 0. The van der Waals surface area contributed by atoms with Crippen LogP contribution in [-0.2, 0) is 4.79 Å². The predicted octanol–water partition coefficient (Wildman–Crippen LogP) is 2.02. The molecule has 0 radical (unpaired) electrons. The lowest BCUT2D eigenvalue weighted by Crippen LogP contribution is -2.46. The Balaban J connectivity index is 1.35. The molecule has 0 atom stereocenters. The van der Waals surface area contributed by atoms with Gasteiger partial charge in [0.25, 0.3) is 0 Å². The number of rotatable bonds is 4. The minimum Gasteiger partial charge on any atom is -0.367 e. The van der Waals surface area contributed by atoms with Gasteiger partial charge in [0.1, 0.15) is 23.4 Å². The molecule has 7 nitrogen and oxygen atoms in total. The number of carbonyl (C=O) groups is 1. The lowest BCUT2D eigenvalue weighted by Gasteiger charge is -2.36. The van der Waals surface area contributed by atoms with E-state index in [0.717, 1.165) is 50.5 Å². The summed E-state index contributed by atoms with van der Waals surface area (Å²) in [6.45, 7) is 3.38. The van der Waals surface area contributed by atoms with Crippen molar-refractivity contribution in [2.45, 2.75) is 12.8 Å². The second-order valence-corrected chi connectivity index (χ2v) is 6.63. The zero-order chi connectivity index (χ0) is 17.9. The number of nitrogens with one attached hydrogen (secondary N) is 1. The minimum absolute atomic E-state index is 0.0750. The number of hydrogen-bond donors (Lipinski definition) is 1. The van der Waals surface area contributed by atoms with E-state index >= 15 is 0 Å². The number of anilines is 3. The fourth-order valence-electron chi connectivity index (χ4n) is 3.08. The summed E-state index contributed by atoms with van der Waals surface area (Å²) < 4.78 is 0. The second-order valence-electron chi connectivity index (χ2n) is 6.63. The second kappa shape index (κ2) is 7.00. The van der Waals surface area contributed by atoms with Gasteiger partial charge in [-0.15, -0.1) is 0 Å². The number of pyridine rings is 2. The smallest absolute Gasteiger partial charge is 0.228 e. The van der Waals surface area contributed by atoms with Gasteiger partial charge in [-0.25, -0.2) is 9.97 Å². The largest absolute Gasteiger partial charge is 0.367 e. The third-order valence-corrected chi connectivity index (χ3v) is 4.77. The standard InChI is InChI=1S/C19H20N6O/c20-12-15-2-1-3-18(22-15)25-10-8-24(9-11-25)16-6-7-17(21-13-16)23-19(26)14-4-5-14/h1-3,6-7,13-14H,4-5,8-11H2,(H,21,23,26). The lowest BCUT2D eigenvalue weighted by atomic mass is 10.2. The van der Waals surface area contributed by atoms with E-state index in [9.17, 15) is 4.79 Å². The fraction of sp³-hybridized carbons (Fsp3) is 0.368. The van der Waals surface area contributed by atoms with Gasteiger partial charge in [-0.3, -0.25) is 4.79 Å². The Morgan fingerprint density at radius 2 is 1.88 bits per heavy atom. The van der Waals surface area contributed by atoms with Gasteiger partial charge in [-0.1, -0.05) is 6.07 Å². The topological polar surface area (TPSA) is 85.2 Å². The molecule has 1 saturated carbocycles. The molecule has 1 N–H and O–H groups in total. The van der Waals surface area contributed by atoms with Crippen molar-refractivity contribution in [2.24, 2.45) is 5.92 Å². The minimum atomic E-state index is 0.0750. The first-order chi connectivity index (χ1) is 12.7. The Morgan fingerprint density at radius 3 is 2.54 bits per heavy atom. The molecule has 0 bridgehead atoms. The maximum absolute atomic E-state index is 11.8. The molecule has 2 aliphatic rings. The van der Waals surface area contributed by atoms with E-state index < -0.39 is 0 Å². The first kappa shape index (κ1) is 16.3. The van der Waals surface area contributed by atoms with Gasteiger partial charge in [0, 0.05) is 32.1 Å². The van der Waals surface area contributed by atoms with Gasteiger partial charge in [0.2, 0.25) is 5.91 Å². The van der Waals surface area contributed by atoms with E-state index in [0.29, 0.717) is 11.5 Å².